The SMILES string of the molecule is COc1ccccc1NC(=O)C1=C(C)Nc2nc(-c3cccc4ccccc34)nn2C1c1cccnc1. The summed E-state index contributed by atoms with van der Waals surface area (Å²) in [5.74, 6) is 1.45. The van der Waals surface area contributed by atoms with Crippen molar-refractivity contribution in [2.45, 2.75) is 13.0 Å². The van der Waals surface area contributed by atoms with Crippen LogP contribution < -0.4 is 15.4 Å². The van der Waals surface area contributed by atoms with Crippen molar-refractivity contribution < 1.29 is 9.53 Å². The van der Waals surface area contributed by atoms with E-state index in [4.69, 9.17) is 14.8 Å². The monoisotopic (exact) mass is 488 g/mol. The summed E-state index contributed by atoms with van der Waals surface area (Å²) in [6.07, 6.45) is 3.46. The molecule has 1 atom stereocenters. The normalized spacial score (nSPS) is 14.7. The third-order valence-corrected chi connectivity index (χ3v) is 6.48. The number of nitrogens with one attached hydrogen (secondary N) is 2. The Morgan fingerprint density at radius 1 is 1.00 bits per heavy atom. The van der Waals surface area contributed by atoms with Gasteiger partial charge in [-0.2, -0.15) is 4.98 Å². The molecule has 0 saturated heterocycles. The molecule has 2 N–H and O–H groups in total. The zero-order chi connectivity index (χ0) is 25.4. The largest absolute Gasteiger partial charge is 0.495 e. The van der Waals surface area contributed by atoms with Crippen molar-refractivity contribution in [3.8, 4) is 17.1 Å². The average Bonchev–Trinajstić information content (AvgIpc) is 3.36. The van der Waals surface area contributed by atoms with Gasteiger partial charge in [-0.3, -0.25) is 9.78 Å². The first-order valence-corrected chi connectivity index (χ1v) is 11.9. The highest BCUT2D eigenvalue weighted by Gasteiger charge is 2.35. The molecule has 6 rings (SSSR count). The van der Waals surface area contributed by atoms with Crippen LogP contribution in [0.2, 0.25) is 0 Å². The van der Waals surface area contributed by atoms with Gasteiger partial charge in [0.05, 0.1) is 18.4 Å². The molecule has 37 heavy (non-hydrogen) atoms. The summed E-state index contributed by atoms with van der Waals surface area (Å²) in [6, 6.07) is 24.8. The number of carbonyl (C=O) groups excluding carboxylic acids is 1. The van der Waals surface area contributed by atoms with Crippen molar-refractivity contribution in [3.63, 3.8) is 0 Å². The first kappa shape index (κ1) is 22.5. The van der Waals surface area contributed by atoms with Crippen molar-refractivity contribution in [2.24, 2.45) is 0 Å². The van der Waals surface area contributed by atoms with Gasteiger partial charge in [-0.1, -0.05) is 60.7 Å². The maximum atomic E-state index is 13.7. The van der Waals surface area contributed by atoms with Crippen LogP contribution in [0.1, 0.15) is 18.5 Å². The Labute approximate surface area is 213 Å². The molecule has 8 heteroatoms. The lowest BCUT2D eigenvalue weighted by molar-refractivity contribution is -0.113. The molecular formula is C29H24N6O2. The predicted molar refractivity (Wildman–Crippen MR) is 143 cm³/mol. The number of carbonyl (C=O) groups is 1. The van der Waals surface area contributed by atoms with Gasteiger partial charge in [-0.05, 0) is 41.5 Å². The average molecular weight is 489 g/mol. The van der Waals surface area contributed by atoms with Gasteiger partial charge in [0.2, 0.25) is 5.95 Å². The minimum absolute atomic E-state index is 0.267. The van der Waals surface area contributed by atoms with Gasteiger partial charge in [0.25, 0.3) is 5.91 Å². The topological polar surface area (TPSA) is 94.0 Å². The fourth-order valence-corrected chi connectivity index (χ4v) is 4.76. The van der Waals surface area contributed by atoms with E-state index in [0.29, 0.717) is 34.5 Å². The number of anilines is 2. The van der Waals surface area contributed by atoms with E-state index in [1.807, 2.05) is 61.5 Å². The molecule has 1 aliphatic rings. The number of rotatable bonds is 5. The van der Waals surface area contributed by atoms with Crippen LogP contribution in [0, 0.1) is 0 Å². The fourth-order valence-electron chi connectivity index (χ4n) is 4.76. The van der Waals surface area contributed by atoms with Gasteiger partial charge in [-0.15, -0.1) is 5.10 Å². The molecule has 8 nitrogen and oxygen atoms in total. The van der Waals surface area contributed by atoms with E-state index in [1.54, 1.807) is 30.3 Å². The van der Waals surface area contributed by atoms with E-state index in [9.17, 15) is 4.79 Å². The van der Waals surface area contributed by atoms with Crippen molar-refractivity contribution in [3.05, 3.63) is 108 Å². The minimum atomic E-state index is -0.532. The maximum Gasteiger partial charge on any atom is 0.255 e. The summed E-state index contributed by atoms with van der Waals surface area (Å²) in [5.41, 5.74) is 3.53. The van der Waals surface area contributed by atoms with Gasteiger partial charge >= 0.3 is 0 Å². The molecule has 1 unspecified atom stereocenters. The second kappa shape index (κ2) is 9.23. The van der Waals surface area contributed by atoms with E-state index < -0.39 is 6.04 Å². The standard InChI is InChI=1S/C29H24N6O2/c1-18-25(28(36)32-23-14-5-6-15-24(23)37-2)26(20-11-8-16-30-17-20)35-29(31-18)33-27(34-35)22-13-7-10-19-9-3-4-12-21(19)22/h3-17,26H,1-2H3,(H,32,36)(H,31,33,34). The smallest absolute Gasteiger partial charge is 0.255 e. The van der Waals surface area contributed by atoms with Crippen LogP contribution in [-0.2, 0) is 4.79 Å². The molecule has 0 aliphatic carbocycles. The third kappa shape index (κ3) is 3.98. The number of nitrogens with zero attached hydrogens (tertiary/aromatic N) is 4. The first-order valence-electron chi connectivity index (χ1n) is 11.9. The first-order chi connectivity index (χ1) is 18.1. The predicted octanol–water partition coefficient (Wildman–Crippen LogP) is 5.43. The zero-order valence-electron chi connectivity index (χ0n) is 20.3. The van der Waals surface area contributed by atoms with Gasteiger partial charge < -0.3 is 15.4 Å². The number of ether oxygens (including phenoxy) is 1. The second-order valence-corrected chi connectivity index (χ2v) is 8.74. The van der Waals surface area contributed by atoms with Crippen molar-refractivity contribution >= 4 is 28.3 Å². The number of allylic oxidation sites excluding steroid dienone is 1. The van der Waals surface area contributed by atoms with E-state index >= 15 is 0 Å². The van der Waals surface area contributed by atoms with E-state index in [1.165, 1.54) is 0 Å². The summed E-state index contributed by atoms with van der Waals surface area (Å²) in [7, 11) is 1.58. The summed E-state index contributed by atoms with van der Waals surface area (Å²) >= 11 is 0. The molecule has 1 aliphatic heterocycles. The van der Waals surface area contributed by atoms with Crippen LogP contribution in [0.25, 0.3) is 22.2 Å². The van der Waals surface area contributed by atoms with Crippen LogP contribution in [0.3, 0.4) is 0 Å². The Kier molecular flexibility index (Phi) is 5.61. The molecule has 0 saturated carbocycles. The Balaban J connectivity index is 1.46. The summed E-state index contributed by atoms with van der Waals surface area (Å²) in [5, 5.41) is 13.4. The Morgan fingerprint density at radius 3 is 2.65 bits per heavy atom. The molecule has 1 amide bonds. The highest BCUT2D eigenvalue weighted by molar-refractivity contribution is 6.06. The third-order valence-electron chi connectivity index (χ3n) is 6.48. The van der Waals surface area contributed by atoms with E-state index in [-0.39, 0.29) is 5.91 Å². The van der Waals surface area contributed by atoms with E-state index in [2.05, 4.69) is 33.8 Å². The number of para-hydroxylation sites is 2. The summed E-state index contributed by atoms with van der Waals surface area (Å²) in [4.78, 5) is 22.9. The number of benzene rings is 3. The van der Waals surface area contributed by atoms with Crippen molar-refractivity contribution in [1.29, 1.82) is 0 Å². The Hall–Kier alpha value is -4.98. The molecule has 0 fully saturated rings. The molecule has 0 radical (unpaired) electrons. The quantitative estimate of drug-likeness (QED) is 0.343. The maximum absolute atomic E-state index is 13.7. The summed E-state index contributed by atoms with van der Waals surface area (Å²) < 4.78 is 7.19. The lowest BCUT2D eigenvalue weighted by Gasteiger charge is -2.28. The lowest BCUT2D eigenvalue weighted by Crippen LogP contribution is -2.31. The number of pyridine rings is 1. The lowest BCUT2D eigenvalue weighted by atomic mass is 9.96. The number of methoxy groups -OCH3 is 1. The van der Waals surface area contributed by atoms with Gasteiger partial charge in [-0.25, -0.2) is 4.68 Å². The molecule has 0 spiro atoms. The number of hydrogen-bond acceptors (Lipinski definition) is 6. The fraction of sp³-hybridized carbons (Fsp3) is 0.103. The minimum Gasteiger partial charge on any atom is -0.495 e. The van der Waals surface area contributed by atoms with Crippen LogP contribution in [0.5, 0.6) is 5.75 Å². The number of hydrogen-bond donors (Lipinski definition) is 2. The second-order valence-electron chi connectivity index (χ2n) is 8.74. The van der Waals surface area contributed by atoms with Crippen molar-refractivity contribution in [2.75, 3.05) is 17.7 Å². The molecule has 5 aromatic rings. The molecule has 3 aromatic carbocycles. The van der Waals surface area contributed by atoms with Gasteiger partial charge in [0.15, 0.2) is 5.82 Å². The van der Waals surface area contributed by atoms with Gasteiger partial charge in [0, 0.05) is 23.7 Å². The zero-order valence-corrected chi connectivity index (χ0v) is 20.3. The van der Waals surface area contributed by atoms with Crippen LogP contribution in [-0.4, -0.2) is 32.8 Å². The van der Waals surface area contributed by atoms with Crippen LogP contribution >= 0.6 is 0 Å². The molecular weight excluding hydrogens is 464 g/mol. The van der Waals surface area contributed by atoms with Crippen LogP contribution in [0.4, 0.5) is 11.6 Å². The van der Waals surface area contributed by atoms with E-state index in [0.717, 1.165) is 21.9 Å². The number of fused-ring (bicyclic) bond motifs is 2. The molecule has 2 aromatic heterocycles. The Bertz CT molecular complexity index is 1650. The highest BCUT2D eigenvalue weighted by atomic mass is 16.5. The molecule has 0 bridgehead atoms. The van der Waals surface area contributed by atoms with Gasteiger partial charge in [0.1, 0.15) is 11.8 Å². The Morgan fingerprint density at radius 2 is 1.81 bits per heavy atom. The number of amides is 1. The highest BCUT2D eigenvalue weighted by Crippen LogP contribution is 2.38. The molecule has 3 heterocycles. The van der Waals surface area contributed by atoms with Crippen molar-refractivity contribution in [1.82, 2.24) is 19.7 Å². The number of aromatic nitrogens is 4. The summed E-state index contributed by atoms with van der Waals surface area (Å²) in [6.45, 7) is 1.87. The van der Waals surface area contributed by atoms with Crippen LogP contribution in [0.15, 0.2) is 103 Å². The molecule has 182 valence electrons.